The second-order valence-corrected chi connectivity index (χ2v) is 4.30. The fourth-order valence-corrected chi connectivity index (χ4v) is 2.29. The summed E-state index contributed by atoms with van der Waals surface area (Å²) in [5.41, 5.74) is -0.297. The average molecular weight is 222 g/mol. The van der Waals surface area contributed by atoms with E-state index in [2.05, 4.69) is 29.4 Å². The molecule has 0 aromatic rings. The lowest BCUT2D eigenvalue weighted by atomic mass is 9.91. The maximum absolute atomic E-state index is 12.1. The molecule has 1 saturated heterocycles. The van der Waals surface area contributed by atoms with Crippen molar-refractivity contribution < 1.29 is 4.79 Å². The van der Waals surface area contributed by atoms with Crippen LogP contribution in [0, 0.1) is 11.8 Å². The Hall–Kier alpha value is -1.01. The van der Waals surface area contributed by atoms with Crippen molar-refractivity contribution >= 4 is 5.91 Å². The molecule has 1 unspecified atom stereocenters. The van der Waals surface area contributed by atoms with Gasteiger partial charge in [0.25, 0.3) is 0 Å². The Labute approximate surface area is 98.4 Å². The molecule has 2 N–H and O–H groups in total. The average Bonchev–Trinajstić information content (AvgIpc) is 2.74. The van der Waals surface area contributed by atoms with Crippen LogP contribution >= 0.6 is 0 Å². The maximum Gasteiger partial charge on any atom is 0.240 e. The fraction of sp³-hybridized carbons (Fsp3) is 0.769. The molecule has 16 heavy (non-hydrogen) atoms. The number of carbonyl (C=O) groups excluding carboxylic acids is 1. The predicted molar refractivity (Wildman–Crippen MR) is 66.0 cm³/mol. The molecule has 1 aliphatic rings. The van der Waals surface area contributed by atoms with Gasteiger partial charge in [0, 0.05) is 13.0 Å². The van der Waals surface area contributed by atoms with E-state index in [1.54, 1.807) is 0 Å². The summed E-state index contributed by atoms with van der Waals surface area (Å²) in [6.07, 6.45) is 4.77. The van der Waals surface area contributed by atoms with Crippen LogP contribution < -0.4 is 10.6 Å². The van der Waals surface area contributed by atoms with E-state index in [1.807, 2.05) is 6.92 Å². The first-order valence-corrected chi connectivity index (χ1v) is 6.18. The SMILES string of the molecule is CC#CCCNC(=O)C1(CCC)CCCN1. The summed E-state index contributed by atoms with van der Waals surface area (Å²) in [6.45, 7) is 5.56. The van der Waals surface area contributed by atoms with Crippen LogP contribution in [0.2, 0.25) is 0 Å². The van der Waals surface area contributed by atoms with Gasteiger partial charge in [-0.1, -0.05) is 13.3 Å². The molecular formula is C13H22N2O. The van der Waals surface area contributed by atoms with E-state index in [9.17, 15) is 4.79 Å². The second kappa shape index (κ2) is 6.55. The Balaban J connectivity index is 2.44. The molecule has 1 rings (SSSR count). The van der Waals surface area contributed by atoms with Crippen LogP contribution in [0.4, 0.5) is 0 Å². The minimum Gasteiger partial charge on any atom is -0.354 e. The number of rotatable bonds is 5. The summed E-state index contributed by atoms with van der Waals surface area (Å²) in [5, 5.41) is 6.34. The summed E-state index contributed by atoms with van der Waals surface area (Å²) < 4.78 is 0. The molecule has 0 spiro atoms. The first kappa shape index (κ1) is 13.1. The van der Waals surface area contributed by atoms with Crippen molar-refractivity contribution in [3.8, 4) is 11.8 Å². The largest absolute Gasteiger partial charge is 0.354 e. The number of hydrogen-bond donors (Lipinski definition) is 2. The van der Waals surface area contributed by atoms with E-state index in [-0.39, 0.29) is 11.4 Å². The summed E-state index contributed by atoms with van der Waals surface area (Å²) in [6, 6.07) is 0. The van der Waals surface area contributed by atoms with Gasteiger partial charge in [0.05, 0.1) is 5.54 Å². The zero-order chi connectivity index (χ0) is 11.9. The summed E-state index contributed by atoms with van der Waals surface area (Å²) in [5.74, 6) is 5.94. The van der Waals surface area contributed by atoms with Gasteiger partial charge in [-0.15, -0.1) is 11.8 Å². The summed E-state index contributed by atoms with van der Waals surface area (Å²) in [7, 11) is 0. The lowest BCUT2D eigenvalue weighted by molar-refractivity contribution is -0.127. The van der Waals surface area contributed by atoms with Crippen LogP contribution in [0.15, 0.2) is 0 Å². The van der Waals surface area contributed by atoms with Crippen molar-refractivity contribution in [1.29, 1.82) is 0 Å². The van der Waals surface area contributed by atoms with Gasteiger partial charge < -0.3 is 10.6 Å². The Bertz CT molecular complexity index is 282. The second-order valence-electron chi connectivity index (χ2n) is 4.30. The van der Waals surface area contributed by atoms with Crippen LogP contribution in [-0.4, -0.2) is 24.5 Å². The van der Waals surface area contributed by atoms with Gasteiger partial charge in [-0.3, -0.25) is 4.79 Å². The van der Waals surface area contributed by atoms with Gasteiger partial charge in [0.15, 0.2) is 0 Å². The zero-order valence-electron chi connectivity index (χ0n) is 10.4. The third-order valence-corrected chi connectivity index (χ3v) is 3.07. The monoisotopic (exact) mass is 222 g/mol. The Morgan fingerprint density at radius 2 is 2.38 bits per heavy atom. The smallest absolute Gasteiger partial charge is 0.240 e. The number of hydrogen-bond acceptors (Lipinski definition) is 2. The highest BCUT2D eigenvalue weighted by Gasteiger charge is 2.39. The Morgan fingerprint density at radius 1 is 1.56 bits per heavy atom. The molecule has 0 aromatic carbocycles. The number of amides is 1. The highest BCUT2D eigenvalue weighted by atomic mass is 16.2. The molecule has 3 heteroatoms. The van der Waals surface area contributed by atoms with Crippen molar-refractivity contribution in [2.24, 2.45) is 0 Å². The van der Waals surface area contributed by atoms with Gasteiger partial charge in [-0.05, 0) is 32.7 Å². The summed E-state index contributed by atoms with van der Waals surface area (Å²) >= 11 is 0. The number of carbonyl (C=O) groups is 1. The van der Waals surface area contributed by atoms with E-state index in [1.165, 1.54) is 0 Å². The molecule has 1 heterocycles. The van der Waals surface area contributed by atoms with Crippen molar-refractivity contribution in [2.45, 2.75) is 51.5 Å². The highest BCUT2D eigenvalue weighted by molar-refractivity contribution is 5.86. The van der Waals surface area contributed by atoms with Gasteiger partial charge in [-0.25, -0.2) is 0 Å². The lowest BCUT2D eigenvalue weighted by Crippen LogP contribution is -2.53. The van der Waals surface area contributed by atoms with Crippen LogP contribution in [0.5, 0.6) is 0 Å². The normalized spacial score (nSPS) is 23.6. The van der Waals surface area contributed by atoms with Crippen LogP contribution in [0.25, 0.3) is 0 Å². The minimum absolute atomic E-state index is 0.157. The molecule has 0 bridgehead atoms. The fourth-order valence-electron chi connectivity index (χ4n) is 2.29. The van der Waals surface area contributed by atoms with Crippen LogP contribution in [0.1, 0.15) is 46.0 Å². The van der Waals surface area contributed by atoms with Crippen molar-refractivity contribution in [3.63, 3.8) is 0 Å². The number of nitrogens with one attached hydrogen (secondary N) is 2. The quantitative estimate of drug-likeness (QED) is 0.546. The molecule has 0 saturated carbocycles. The first-order chi connectivity index (χ1) is 7.75. The highest BCUT2D eigenvalue weighted by Crippen LogP contribution is 2.24. The molecule has 1 fully saturated rings. The molecule has 0 radical (unpaired) electrons. The minimum atomic E-state index is -0.297. The zero-order valence-corrected chi connectivity index (χ0v) is 10.4. The molecule has 1 aliphatic heterocycles. The van der Waals surface area contributed by atoms with Crippen molar-refractivity contribution in [1.82, 2.24) is 10.6 Å². The molecule has 0 aromatic heterocycles. The molecular weight excluding hydrogens is 200 g/mol. The Morgan fingerprint density at radius 3 is 2.94 bits per heavy atom. The maximum atomic E-state index is 12.1. The molecule has 1 atom stereocenters. The molecule has 1 amide bonds. The third kappa shape index (κ3) is 3.24. The van der Waals surface area contributed by atoms with Gasteiger partial charge in [0.2, 0.25) is 5.91 Å². The predicted octanol–water partition coefficient (Wildman–Crippen LogP) is 1.44. The van der Waals surface area contributed by atoms with Crippen molar-refractivity contribution in [2.75, 3.05) is 13.1 Å². The molecule has 3 nitrogen and oxygen atoms in total. The third-order valence-electron chi connectivity index (χ3n) is 3.07. The van der Waals surface area contributed by atoms with E-state index >= 15 is 0 Å². The Kier molecular flexibility index (Phi) is 5.34. The van der Waals surface area contributed by atoms with E-state index < -0.39 is 0 Å². The summed E-state index contributed by atoms with van der Waals surface area (Å²) in [4.78, 5) is 12.1. The first-order valence-electron chi connectivity index (χ1n) is 6.18. The topological polar surface area (TPSA) is 41.1 Å². The van der Waals surface area contributed by atoms with Crippen molar-refractivity contribution in [3.05, 3.63) is 0 Å². The van der Waals surface area contributed by atoms with E-state index in [0.29, 0.717) is 6.54 Å². The van der Waals surface area contributed by atoms with E-state index in [4.69, 9.17) is 0 Å². The lowest BCUT2D eigenvalue weighted by Gasteiger charge is -2.27. The van der Waals surface area contributed by atoms with Crippen LogP contribution in [-0.2, 0) is 4.79 Å². The molecule has 90 valence electrons. The van der Waals surface area contributed by atoms with Gasteiger partial charge >= 0.3 is 0 Å². The molecule has 0 aliphatic carbocycles. The van der Waals surface area contributed by atoms with Gasteiger partial charge in [-0.2, -0.15) is 0 Å². The van der Waals surface area contributed by atoms with E-state index in [0.717, 1.165) is 38.6 Å². The van der Waals surface area contributed by atoms with Gasteiger partial charge in [0.1, 0.15) is 0 Å². The standard InChI is InChI=1S/C13H22N2O/c1-3-5-6-10-14-12(16)13(8-4-2)9-7-11-15-13/h15H,4,6-11H2,1-2H3,(H,14,16). The van der Waals surface area contributed by atoms with Crippen LogP contribution in [0.3, 0.4) is 0 Å².